The van der Waals surface area contributed by atoms with Gasteiger partial charge in [-0.15, -0.1) is 0 Å². The van der Waals surface area contributed by atoms with Crippen LogP contribution in [-0.2, 0) is 28.4 Å². The van der Waals surface area contributed by atoms with Gasteiger partial charge in [0.15, 0.2) is 0 Å². The summed E-state index contributed by atoms with van der Waals surface area (Å²) in [5.74, 6) is -0.339. The monoisotopic (exact) mass is 475 g/mol. The molecule has 1 saturated heterocycles. The maximum absolute atomic E-state index is 6.49. The van der Waals surface area contributed by atoms with Crippen molar-refractivity contribution in [2.75, 3.05) is 13.2 Å². The second-order valence-corrected chi connectivity index (χ2v) is 8.05. The smallest absolute Gasteiger partial charge is 0.215 e. The summed E-state index contributed by atoms with van der Waals surface area (Å²) in [7, 11) is 0. The molecule has 160 valence electrons. The van der Waals surface area contributed by atoms with Gasteiger partial charge in [-0.3, -0.25) is 0 Å². The quantitative estimate of drug-likeness (QED) is 0.333. The van der Waals surface area contributed by atoms with E-state index in [2.05, 4.69) is 27.4 Å². The topological polar surface area (TPSA) is 57.9 Å². The lowest BCUT2D eigenvalue weighted by atomic mass is 10.1. The van der Waals surface area contributed by atoms with Crippen LogP contribution in [-0.4, -0.2) is 34.0 Å². The van der Waals surface area contributed by atoms with Gasteiger partial charge in [0.2, 0.25) is 5.79 Å². The molecule has 2 aromatic carbocycles. The average molecular weight is 476 g/mol. The van der Waals surface area contributed by atoms with Crippen molar-refractivity contribution in [2.45, 2.75) is 25.0 Å². The number of aromatic nitrogens is 2. The molecule has 1 aromatic heterocycles. The van der Waals surface area contributed by atoms with E-state index >= 15 is 0 Å². The fraction of sp³-hybridized carbons (Fsp3) is 0.273. The standard InChI is InChI=1S/C22H19Cl2N3O3S/c23-17-3-6-20(21(24)9-17)22(13-27-8-7-25-14-27)29-12-19(30-22)11-28-18-4-1-16(2-5-18)10-26-15-31/h1-9,14,19H,10-13H2/t19-,22-/m1/s1. The molecule has 6 nitrogen and oxygen atoms in total. The lowest BCUT2D eigenvalue weighted by molar-refractivity contribution is -0.189. The van der Waals surface area contributed by atoms with E-state index in [1.54, 1.807) is 24.7 Å². The Morgan fingerprint density at radius 2 is 2.10 bits per heavy atom. The molecule has 0 spiro atoms. The first kappa shape index (κ1) is 22.0. The Labute approximate surface area is 195 Å². The second kappa shape index (κ2) is 9.92. The summed E-state index contributed by atoms with van der Waals surface area (Å²) in [6.07, 6.45) is 4.97. The Bertz CT molecular complexity index is 1070. The van der Waals surface area contributed by atoms with E-state index in [1.165, 1.54) is 0 Å². The minimum absolute atomic E-state index is 0.283. The summed E-state index contributed by atoms with van der Waals surface area (Å²) in [6, 6.07) is 12.9. The van der Waals surface area contributed by atoms with Crippen molar-refractivity contribution < 1.29 is 14.2 Å². The maximum Gasteiger partial charge on any atom is 0.215 e. The Hall–Kier alpha value is -2.25. The van der Waals surface area contributed by atoms with Crippen LogP contribution in [0.5, 0.6) is 5.75 Å². The summed E-state index contributed by atoms with van der Waals surface area (Å²) < 4.78 is 20.3. The van der Waals surface area contributed by atoms with Crippen LogP contribution in [0, 0.1) is 0 Å². The third kappa shape index (κ3) is 5.33. The van der Waals surface area contributed by atoms with Crippen molar-refractivity contribution in [3.63, 3.8) is 0 Å². The van der Waals surface area contributed by atoms with Crippen molar-refractivity contribution in [3.8, 4) is 5.75 Å². The highest BCUT2D eigenvalue weighted by molar-refractivity contribution is 7.78. The number of hydrogen-bond donors (Lipinski definition) is 0. The Morgan fingerprint density at radius 1 is 1.26 bits per heavy atom. The molecular formula is C22H19Cl2N3O3S. The fourth-order valence-corrected chi connectivity index (χ4v) is 4.00. The maximum atomic E-state index is 6.49. The fourth-order valence-electron chi connectivity index (χ4n) is 3.38. The minimum Gasteiger partial charge on any atom is -0.491 e. The number of rotatable bonds is 8. The van der Waals surface area contributed by atoms with Crippen molar-refractivity contribution >= 4 is 40.6 Å². The van der Waals surface area contributed by atoms with Gasteiger partial charge in [-0.1, -0.05) is 41.4 Å². The van der Waals surface area contributed by atoms with Gasteiger partial charge in [0, 0.05) is 23.0 Å². The van der Waals surface area contributed by atoms with E-state index in [0.29, 0.717) is 41.9 Å². The number of thiocarbonyl (C=S) groups is 1. The summed E-state index contributed by atoms with van der Waals surface area (Å²) >= 11 is 17.2. The molecule has 0 radical (unpaired) electrons. The van der Waals surface area contributed by atoms with Crippen molar-refractivity contribution in [1.82, 2.24) is 9.55 Å². The van der Waals surface area contributed by atoms with E-state index in [0.717, 1.165) is 11.3 Å². The molecule has 2 atom stereocenters. The van der Waals surface area contributed by atoms with Gasteiger partial charge in [-0.25, -0.2) is 9.98 Å². The van der Waals surface area contributed by atoms with Gasteiger partial charge in [0.05, 0.1) is 36.2 Å². The summed E-state index contributed by atoms with van der Waals surface area (Å²) in [6.45, 7) is 1.57. The predicted octanol–water partition coefficient (Wildman–Crippen LogP) is 5.14. The number of imidazole rings is 1. The molecular weight excluding hydrogens is 457 g/mol. The van der Waals surface area contributed by atoms with Crippen molar-refractivity contribution in [2.24, 2.45) is 4.99 Å². The number of isothiocyanates is 1. The van der Waals surface area contributed by atoms with Crippen LogP contribution >= 0.6 is 35.4 Å². The van der Waals surface area contributed by atoms with E-state index in [4.69, 9.17) is 37.4 Å². The Balaban J connectivity index is 1.47. The Morgan fingerprint density at radius 3 is 2.81 bits per heavy atom. The van der Waals surface area contributed by atoms with Crippen LogP contribution in [0.3, 0.4) is 0 Å². The number of ether oxygens (including phenoxy) is 3. The van der Waals surface area contributed by atoms with Crippen molar-refractivity contribution in [1.29, 1.82) is 0 Å². The van der Waals surface area contributed by atoms with Gasteiger partial charge in [0.25, 0.3) is 0 Å². The zero-order chi connectivity index (χ0) is 21.7. The molecule has 0 saturated carbocycles. The van der Waals surface area contributed by atoms with E-state index in [9.17, 15) is 0 Å². The molecule has 0 N–H and O–H groups in total. The van der Waals surface area contributed by atoms with Gasteiger partial charge >= 0.3 is 0 Å². The molecule has 0 aliphatic carbocycles. The van der Waals surface area contributed by atoms with Gasteiger partial charge in [-0.2, -0.15) is 0 Å². The average Bonchev–Trinajstić information content (AvgIpc) is 3.42. The van der Waals surface area contributed by atoms with Gasteiger partial charge < -0.3 is 18.8 Å². The molecule has 31 heavy (non-hydrogen) atoms. The van der Waals surface area contributed by atoms with Crippen LogP contribution in [0.4, 0.5) is 0 Å². The van der Waals surface area contributed by atoms with Crippen LogP contribution in [0.1, 0.15) is 11.1 Å². The minimum atomic E-state index is -1.07. The third-order valence-corrected chi connectivity index (χ3v) is 5.51. The summed E-state index contributed by atoms with van der Waals surface area (Å²) in [5.41, 5.74) is 1.74. The predicted molar refractivity (Wildman–Crippen MR) is 122 cm³/mol. The van der Waals surface area contributed by atoms with Crippen molar-refractivity contribution in [3.05, 3.63) is 82.4 Å². The molecule has 2 heterocycles. The van der Waals surface area contributed by atoms with Gasteiger partial charge in [-0.05, 0) is 42.0 Å². The van der Waals surface area contributed by atoms with Crippen LogP contribution < -0.4 is 4.74 Å². The largest absolute Gasteiger partial charge is 0.491 e. The number of halogens is 2. The summed E-state index contributed by atoms with van der Waals surface area (Å²) in [5, 5.41) is 3.38. The summed E-state index contributed by atoms with van der Waals surface area (Å²) in [4.78, 5) is 8.03. The molecule has 4 rings (SSSR count). The normalized spacial score (nSPS) is 20.4. The Kier molecular flexibility index (Phi) is 7.02. The third-order valence-electron chi connectivity index (χ3n) is 4.84. The highest BCUT2D eigenvalue weighted by Gasteiger charge is 2.45. The molecule has 1 aliphatic rings. The first-order valence-corrected chi connectivity index (χ1v) is 10.7. The second-order valence-electron chi connectivity index (χ2n) is 7.03. The SMILES string of the molecule is S=C=NCc1ccc(OC[C@@H]2CO[C@@](Cn3ccnc3)(c3ccc(Cl)cc3Cl)O2)cc1. The molecule has 9 heteroatoms. The van der Waals surface area contributed by atoms with E-state index < -0.39 is 5.79 Å². The zero-order valence-corrected chi connectivity index (χ0v) is 18.7. The number of benzene rings is 2. The zero-order valence-electron chi connectivity index (χ0n) is 16.4. The van der Waals surface area contributed by atoms with Crippen LogP contribution in [0.2, 0.25) is 10.0 Å². The highest BCUT2D eigenvalue weighted by atomic mass is 35.5. The van der Waals surface area contributed by atoms with Gasteiger partial charge in [0.1, 0.15) is 18.5 Å². The van der Waals surface area contributed by atoms with Crippen LogP contribution in [0.15, 0.2) is 66.2 Å². The lowest BCUT2D eigenvalue weighted by Gasteiger charge is -2.30. The van der Waals surface area contributed by atoms with Crippen LogP contribution in [0.25, 0.3) is 0 Å². The first-order chi connectivity index (χ1) is 15.1. The lowest BCUT2D eigenvalue weighted by Crippen LogP contribution is -2.34. The molecule has 3 aromatic rings. The highest BCUT2D eigenvalue weighted by Crippen LogP contribution is 2.40. The molecule has 1 fully saturated rings. The molecule has 0 amide bonds. The first-order valence-electron chi connectivity index (χ1n) is 9.56. The molecule has 1 aliphatic heterocycles. The molecule has 0 bridgehead atoms. The number of nitrogens with zero attached hydrogens (tertiary/aromatic N) is 3. The number of hydrogen-bond acceptors (Lipinski definition) is 6. The number of aliphatic imine (C=N–C) groups is 1. The van der Waals surface area contributed by atoms with E-state index in [1.807, 2.05) is 41.1 Å². The molecule has 0 unspecified atom stereocenters. The van der Waals surface area contributed by atoms with E-state index in [-0.39, 0.29) is 6.10 Å².